The summed E-state index contributed by atoms with van der Waals surface area (Å²) in [6.07, 6.45) is 6.72. The Balaban J connectivity index is 1.75. The Morgan fingerprint density at radius 1 is 1.56 bits per heavy atom. The van der Waals surface area contributed by atoms with Crippen LogP contribution in [0.2, 0.25) is 0 Å². The van der Waals surface area contributed by atoms with Crippen molar-refractivity contribution in [1.29, 1.82) is 0 Å². The quantitative estimate of drug-likeness (QED) is 0.770. The van der Waals surface area contributed by atoms with E-state index in [1.807, 2.05) is 18.0 Å². The average Bonchev–Trinajstić information content (AvgIpc) is 2.77. The van der Waals surface area contributed by atoms with E-state index in [0.717, 1.165) is 13.0 Å². The molecule has 1 aromatic rings. The number of hydrogen-bond acceptors (Lipinski definition) is 3. The molecule has 16 heavy (non-hydrogen) atoms. The summed E-state index contributed by atoms with van der Waals surface area (Å²) in [4.78, 5) is 0. The molecule has 0 aromatic carbocycles. The molecule has 0 radical (unpaired) electrons. The Morgan fingerprint density at radius 2 is 2.50 bits per heavy atom. The normalized spacial score (nSPS) is 19.7. The highest BCUT2D eigenvalue weighted by Crippen LogP contribution is 2.30. The van der Waals surface area contributed by atoms with Gasteiger partial charge in [-0.15, -0.1) is 0 Å². The first-order valence-corrected chi connectivity index (χ1v) is 7.44. The molecule has 1 aliphatic carbocycles. The maximum Gasteiger partial charge on any atom is 0.108 e. The zero-order valence-electron chi connectivity index (χ0n) is 10.00. The monoisotopic (exact) mass is 239 g/mol. The van der Waals surface area contributed by atoms with Gasteiger partial charge in [-0.2, -0.15) is 11.8 Å². The predicted octanol–water partition coefficient (Wildman–Crippen LogP) is 3.39. The lowest BCUT2D eigenvalue weighted by molar-refractivity contribution is 0.412. The molecule has 0 saturated heterocycles. The van der Waals surface area contributed by atoms with Gasteiger partial charge < -0.3 is 9.73 Å². The summed E-state index contributed by atoms with van der Waals surface area (Å²) in [6.45, 7) is 3.35. The van der Waals surface area contributed by atoms with Crippen LogP contribution in [-0.2, 0) is 6.42 Å². The molecule has 3 heteroatoms. The molecule has 1 unspecified atom stereocenters. The molecule has 0 aliphatic heterocycles. The zero-order valence-corrected chi connectivity index (χ0v) is 10.8. The van der Waals surface area contributed by atoms with Gasteiger partial charge in [0.05, 0.1) is 6.26 Å². The van der Waals surface area contributed by atoms with Gasteiger partial charge in [0.1, 0.15) is 5.76 Å². The first kappa shape index (κ1) is 12.1. The summed E-state index contributed by atoms with van der Waals surface area (Å²) in [6, 6.07) is 2.67. The van der Waals surface area contributed by atoms with Crippen LogP contribution in [0.5, 0.6) is 0 Å². The molecule has 90 valence electrons. The van der Waals surface area contributed by atoms with Gasteiger partial charge in [0.25, 0.3) is 0 Å². The zero-order chi connectivity index (χ0) is 11.2. The molecule has 1 N–H and O–H groups in total. The lowest BCUT2D eigenvalue weighted by Crippen LogP contribution is -2.25. The van der Waals surface area contributed by atoms with Crippen LogP contribution >= 0.6 is 11.8 Å². The van der Waals surface area contributed by atoms with Gasteiger partial charge in [0.15, 0.2) is 0 Å². The molecule has 2 nitrogen and oxygen atoms in total. The van der Waals surface area contributed by atoms with E-state index >= 15 is 0 Å². The Bertz CT molecular complexity index is 311. The summed E-state index contributed by atoms with van der Waals surface area (Å²) >= 11 is 2.02. The van der Waals surface area contributed by atoms with Crippen LogP contribution in [0.15, 0.2) is 16.7 Å². The number of rotatable bonds is 6. The minimum absolute atomic E-state index is 0.536. The number of hydrogen-bond donors (Lipinski definition) is 1. The van der Waals surface area contributed by atoms with Gasteiger partial charge in [-0.05, 0) is 43.4 Å². The van der Waals surface area contributed by atoms with E-state index in [9.17, 15) is 0 Å². The number of aryl methyl sites for hydroxylation is 1. The van der Waals surface area contributed by atoms with E-state index in [1.165, 1.54) is 42.1 Å². The second kappa shape index (κ2) is 6.36. The molecule has 0 amide bonds. The molecule has 1 heterocycles. The van der Waals surface area contributed by atoms with E-state index < -0.39 is 0 Å². The lowest BCUT2D eigenvalue weighted by atomic mass is 9.93. The number of thioether (sulfide) groups is 1. The van der Waals surface area contributed by atoms with Crippen molar-refractivity contribution in [1.82, 2.24) is 5.32 Å². The third-order valence-corrected chi connectivity index (χ3v) is 4.10. The standard InChI is InChI=1S/C13H21NOS/c1-2-16-10-4-8-14-12-5-3-6-13-11(12)7-9-15-13/h7,9,12,14H,2-6,8,10H2,1H3. The smallest absolute Gasteiger partial charge is 0.108 e. The average molecular weight is 239 g/mol. The predicted molar refractivity (Wildman–Crippen MR) is 70.0 cm³/mol. The molecule has 0 bridgehead atoms. The molecule has 0 saturated carbocycles. The highest BCUT2D eigenvalue weighted by molar-refractivity contribution is 7.99. The molecular formula is C13H21NOS. The largest absolute Gasteiger partial charge is 0.469 e. The van der Waals surface area contributed by atoms with Crippen molar-refractivity contribution >= 4 is 11.8 Å². The summed E-state index contributed by atoms with van der Waals surface area (Å²) in [5.41, 5.74) is 1.40. The van der Waals surface area contributed by atoms with E-state index in [0.29, 0.717) is 6.04 Å². The third-order valence-electron chi connectivity index (χ3n) is 3.11. The van der Waals surface area contributed by atoms with Gasteiger partial charge in [-0.25, -0.2) is 0 Å². The Morgan fingerprint density at radius 3 is 3.38 bits per heavy atom. The minimum atomic E-state index is 0.536. The molecule has 2 rings (SSSR count). The van der Waals surface area contributed by atoms with Crippen molar-refractivity contribution in [2.24, 2.45) is 0 Å². The number of fused-ring (bicyclic) bond motifs is 1. The van der Waals surface area contributed by atoms with Crippen LogP contribution in [-0.4, -0.2) is 18.1 Å². The van der Waals surface area contributed by atoms with Crippen LogP contribution in [0.1, 0.15) is 43.6 Å². The van der Waals surface area contributed by atoms with E-state index in [4.69, 9.17) is 4.42 Å². The topological polar surface area (TPSA) is 25.2 Å². The van der Waals surface area contributed by atoms with Gasteiger partial charge in [0.2, 0.25) is 0 Å². The molecule has 1 atom stereocenters. The van der Waals surface area contributed by atoms with Crippen LogP contribution in [0.25, 0.3) is 0 Å². The van der Waals surface area contributed by atoms with Gasteiger partial charge >= 0.3 is 0 Å². The number of nitrogens with one attached hydrogen (secondary N) is 1. The molecule has 1 aromatic heterocycles. The second-order valence-electron chi connectivity index (χ2n) is 4.25. The fraction of sp³-hybridized carbons (Fsp3) is 0.692. The second-order valence-corrected chi connectivity index (χ2v) is 5.64. The Kier molecular flexibility index (Phi) is 4.79. The Labute approximate surface area is 102 Å². The molecule has 0 fully saturated rings. The summed E-state index contributed by atoms with van der Waals surface area (Å²) in [7, 11) is 0. The third kappa shape index (κ3) is 3.05. The van der Waals surface area contributed by atoms with Crippen molar-refractivity contribution in [3.8, 4) is 0 Å². The van der Waals surface area contributed by atoms with Gasteiger partial charge in [0, 0.05) is 18.0 Å². The van der Waals surface area contributed by atoms with Crippen molar-refractivity contribution in [2.75, 3.05) is 18.1 Å². The lowest BCUT2D eigenvalue weighted by Gasteiger charge is -2.22. The van der Waals surface area contributed by atoms with Crippen LogP contribution in [0.4, 0.5) is 0 Å². The minimum Gasteiger partial charge on any atom is -0.469 e. The maximum atomic E-state index is 5.49. The first-order chi connectivity index (χ1) is 7.92. The van der Waals surface area contributed by atoms with Gasteiger partial charge in [-0.3, -0.25) is 0 Å². The fourth-order valence-corrected chi connectivity index (χ4v) is 2.93. The van der Waals surface area contributed by atoms with Crippen molar-refractivity contribution in [3.63, 3.8) is 0 Å². The van der Waals surface area contributed by atoms with Crippen molar-refractivity contribution < 1.29 is 4.42 Å². The van der Waals surface area contributed by atoms with E-state index in [1.54, 1.807) is 0 Å². The highest BCUT2D eigenvalue weighted by atomic mass is 32.2. The highest BCUT2D eigenvalue weighted by Gasteiger charge is 2.21. The van der Waals surface area contributed by atoms with Crippen LogP contribution < -0.4 is 5.32 Å². The summed E-state index contributed by atoms with van der Waals surface area (Å²) in [5, 5.41) is 3.65. The SMILES string of the molecule is CCSCCCNC1CCCc2occc21. The first-order valence-electron chi connectivity index (χ1n) is 6.29. The van der Waals surface area contributed by atoms with Crippen molar-refractivity contribution in [2.45, 2.75) is 38.6 Å². The molecule has 1 aliphatic rings. The van der Waals surface area contributed by atoms with Crippen LogP contribution in [0.3, 0.4) is 0 Å². The summed E-state index contributed by atoms with van der Waals surface area (Å²) in [5.74, 6) is 3.70. The molecular weight excluding hydrogens is 218 g/mol. The van der Waals surface area contributed by atoms with E-state index in [2.05, 4.69) is 18.3 Å². The maximum absolute atomic E-state index is 5.49. The fourth-order valence-electron chi connectivity index (χ4n) is 2.29. The van der Waals surface area contributed by atoms with Crippen LogP contribution in [0, 0.1) is 0 Å². The molecule has 0 spiro atoms. The summed E-state index contributed by atoms with van der Waals surface area (Å²) < 4.78 is 5.49. The van der Waals surface area contributed by atoms with E-state index in [-0.39, 0.29) is 0 Å². The van der Waals surface area contributed by atoms with Crippen molar-refractivity contribution in [3.05, 3.63) is 23.7 Å². The number of furan rings is 1. The Hall–Kier alpha value is -0.410. The van der Waals surface area contributed by atoms with Gasteiger partial charge in [-0.1, -0.05) is 6.92 Å².